The summed E-state index contributed by atoms with van der Waals surface area (Å²) in [6, 6.07) is 5.88. The van der Waals surface area contributed by atoms with Crippen molar-refractivity contribution in [3.05, 3.63) is 23.8 Å². The average molecular weight is 260 g/mol. The number of ether oxygens (including phenoxy) is 1. The highest BCUT2D eigenvalue weighted by atomic mass is 16.5. The van der Waals surface area contributed by atoms with Crippen molar-refractivity contribution in [2.75, 3.05) is 23.8 Å². The zero-order valence-corrected chi connectivity index (χ0v) is 11.3. The fraction of sp³-hybridized carbons (Fsp3) is 0.533. The molecule has 2 aliphatic rings. The molecule has 3 rings (SSSR count). The van der Waals surface area contributed by atoms with E-state index < -0.39 is 0 Å². The summed E-state index contributed by atoms with van der Waals surface area (Å²) in [5.41, 5.74) is 8.85. The molecule has 2 atom stereocenters. The van der Waals surface area contributed by atoms with Crippen LogP contribution in [-0.4, -0.2) is 25.2 Å². The highest BCUT2D eigenvalue weighted by Gasteiger charge is 2.38. The van der Waals surface area contributed by atoms with E-state index in [2.05, 4.69) is 13.0 Å². The quantitative estimate of drug-likeness (QED) is 0.827. The number of fused-ring (bicyclic) bond motifs is 1. The van der Waals surface area contributed by atoms with Crippen LogP contribution in [0.4, 0.5) is 11.4 Å². The van der Waals surface area contributed by atoms with Gasteiger partial charge in [0.2, 0.25) is 5.91 Å². The van der Waals surface area contributed by atoms with Crippen LogP contribution in [0.25, 0.3) is 0 Å². The summed E-state index contributed by atoms with van der Waals surface area (Å²) >= 11 is 0. The molecule has 2 heterocycles. The third-order valence-electron chi connectivity index (χ3n) is 4.22. The maximum absolute atomic E-state index is 12.7. The fourth-order valence-electron chi connectivity index (χ4n) is 3.24. The maximum Gasteiger partial charge on any atom is 0.232 e. The number of carbonyl (C=O) groups excluding carboxylic acids is 1. The van der Waals surface area contributed by atoms with Crippen molar-refractivity contribution in [3.8, 4) is 0 Å². The van der Waals surface area contributed by atoms with Crippen LogP contribution in [0.5, 0.6) is 0 Å². The Bertz CT molecular complexity index is 501. The highest BCUT2D eigenvalue weighted by molar-refractivity contribution is 6.00. The van der Waals surface area contributed by atoms with Gasteiger partial charge in [-0.25, -0.2) is 0 Å². The first-order valence-corrected chi connectivity index (χ1v) is 7.02. The normalized spacial score (nSPS) is 25.6. The van der Waals surface area contributed by atoms with Gasteiger partial charge in [-0.2, -0.15) is 0 Å². The molecular formula is C15H20N2O2. The zero-order chi connectivity index (χ0) is 13.4. The van der Waals surface area contributed by atoms with Gasteiger partial charge >= 0.3 is 0 Å². The molecule has 0 aliphatic carbocycles. The van der Waals surface area contributed by atoms with Crippen LogP contribution in [0.2, 0.25) is 0 Å². The Kier molecular flexibility index (Phi) is 3.19. The Hall–Kier alpha value is -1.55. The Balaban J connectivity index is 1.87. The summed E-state index contributed by atoms with van der Waals surface area (Å²) < 4.78 is 5.63. The van der Waals surface area contributed by atoms with E-state index in [9.17, 15) is 4.79 Å². The molecule has 2 unspecified atom stereocenters. The van der Waals surface area contributed by atoms with Gasteiger partial charge in [0.05, 0.1) is 23.4 Å². The second-order valence-corrected chi connectivity index (χ2v) is 5.31. The van der Waals surface area contributed by atoms with Gasteiger partial charge in [0, 0.05) is 13.2 Å². The summed E-state index contributed by atoms with van der Waals surface area (Å²) in [7, 11) is 0. The lowest BCUT2D eigenvalue weighted by atomic mass is 9.98. The predicted octanol–water partition coefficient (Wildman–Crippen LogP) is 1.97. The van der Waals surface area contributed by atoms with Crippen molar-refractivity contribution in [1.29, 1.82) is 0 Å². The van der Waals surface area contributed by atoms with Gasteiger partial charge in [0.15, 0.2) is 0 Å². The Morgan fingerprint density at radius 2 is 2.37 bits per heavy atom. The fourth-order valence-corrected chi connectivity index (χ4v) is 3.24. The molecule has 1 amide bonds. The number of amides is 1. The van der Waals surface area contributed by atoms with E-state index >= 15 is 0 Å². The third-order valence-corrected chi connectivity index (χ3v) is 4.22. The van der Waals surface area contributed by atoms with Crippen molar-refractivity contribution in [3.63, 3.8) is 0 Å². The zero-order valence-electron chi connectivity index (χ0n) is 11.3. The topological polar surface area (TPSA) is 55.6 Å². The molecule has 2 aliphatic heterocycles. The summed E-state index contributed by atoms with van der Waals surface area (Å²) in [4.78, 5) is 14.6. The first-order valence-electron chi connectivity index (χ1n) is 7.02. The molecule has 4 nitrogen and oxygen atoms in total. The molecule has 1 saturated heterocycles. The smallest absolute Gasteiger partial charge is 0.232 e. The molecule has 0 bridgehead atoms. The van der Waals surface area contributed by atoms with Gasteiger partial charge in [-0.05, 0) is 30.9 Å². The second-order valence-electron chi connectivity index (χ2n) is 5.31. The van der Waals surface area contributed by atoms with E-state index in [1.165, 1.54) is 5.56 Å². The standard InChI is InChI=1S/C15H20N2O2/c1-2-13-11(7-9-19-13)15(18)17-8-6-10-4-3-5-12(16)14(10)17/h3-5,11,13H,2,6-9,16H2,1H3. The molecule has 1 fully saturated rings. The third kappa shape index (κ3) is 2.00. The Morgan fingerprint density at radius 3 is 3.16 bits per heavy atom. The van der Waals surface area contributed by atoms with Crippen molar-refractivity contribution in [2.24, 2.45) is 5.92 Å². The van der Waals surface area contributed by atoms with Gasteiger partial charge in [-0.1, -0.05) is 19.1 Å². The molecule has 4 heteroatoms. The van der Waals surface area contributed by atoms with Gasteiger partial charge in [-0.3, -0.25) is 4.79 Å². The van der Waals surface area contributed by atoms with E-state index in [0.29, 0.717) is 12.3 Å². The minimum atomic E-state index is -0.00411. The number of nitrogen functional groups attached to an aromatic ring is 1. The minimum absolute atomic E-state index is 0.00411. The minimum Gasteiger partial charge on any atom is -0.397 e. The van der Waals surface area contributed by atoms with Crippen LogP contribution in [0.1, 0.15) is 25.3 Å². The van der Waals surface area contributed by atoms with Crippen LogP contribution >= 0.6 is 0 Å². The SMILES string of the molecule is CCC1OCCC1C(=O)N1CCc2cccc(N)c21. The lowest BCUT2D eigenvalue weighted by molar-refractivity contribution is -0.123. The van der Waals surface area contributed by atoms with E-state index in [4.69, 9.17) is 10.5 Å². The number of anilines is 2. The molecule has 1 aromatic carbocycles. The monoisotopic (exact) mass is 260 g/mol. The second kappa shape index (κ2) is 4.85. The lowest BCUT2D eigenvalue weighted by Crippen LogP contribution is -2.38. The lowest BCUT2D eigenvalue weighted by Gasteiger charge is -2.24. The van der Waals surface area contributed by atoms with E-state index in [1.807, 2.05) is 17.0 Å². The van der Waals surface area contributed by atoms with E-state index in [0.717, 1.165) is 31.5 Å². The number of hydrogen-bond donors (Lipinski definition) is 1. The van der Waals surface area contributed by atoms with Crippen molar-refractivity contribution >= 4 is 17.3 Å². The van der Waals surface area contributed by atoms with Crippen molar-refractivity contribution < 1.29 is 9.53 Å². The predicted molar refractivity (Wildman–Crippen MR) is 75.0 cm³/mol. The first-order chi connectivity index (χ1) is 9.22. The van der Waals surface area contributed by atoms with Crippen LogP contribution in [0, 0.1) is 5.92 Å². The van der Waals surface area contributed by atoms with E-state index in [1.54, 1.807) is 0 Å². The van der Waals surface area contributed by atoms with Crippen LogP contribution in [0.15, 0.2) is 18.2 Å². The van der Waals surface area contributed by atoms with E-state index in [-0.39, 0.29) is 17.9 Å². The number of para-hydroxylation sites is 1. The summed E-state index contributed by atoms with van der Waals surface area (Å²) in [6.07, 6.45) is 2.69. The Labute approximate surface area is 113 Å². The maximum atomic E-state index is 12.7. The number of carbonyl (C=O) groups is 1. The molecule has 0 aromatic heterocycles. The molecule has 1 aromatic rings. The first kappa shape index (κ1) is 12.5. The molecule has 19 heavy (non-hydrogen) atoms. The van der Waals surface area contributed by atoms with Gasteiger partial charge in [0.25, 0.3) is 0 Å². The van der Waals surface area contributed by atoms with Crippen molar-refractivity contribution in [2.45, 2.75) is 32.3 Å². The number of hydrogen-bond acceptors (Lipinski definition) is 3. The summed E-state index contributed by atoms with van der Waals surface area (Å²) in [6.45, 7) is 3.51. The molecule has 0 spiro atoms. The summed E-state index contributed by atoms with van der Waals surface area (Å²) in [5, 5.41) is 0. The van der Waals surface area contributed by atoms with Crippen LogP contribution in [0.3, 0.4) is 0 Å². The van der Waals surface area contributed by atoms with Crippen LogP contribution < -0.4 is 10.6 Å². The van der Waals surface area contributed by atoms with Crippen molar-refractivity contribution in [1.82, 2.24) is 0 Å². The molecular weight excluding hydrogens is 240 g/mol. The molecule has 0 saturated carbocycles. The van der Waals surface area contributed by atoms with Gasteiger partial charge < -0.3 is 15.4 Å². The molecule has 0 radical (unpaired) electrons. The summed E-state index contributed by atoms with van der Waals surface area (Å²) in [5.74, 6) is 0.177. The average Bonchev–Trinajstić information content (AvgIpc) is 3.05. The number of rotatable bonds is 2. The number of nitrogens with two attached hydrogens (primary N) is 1. The molecule has 2 N–H and O–H groups in total. The number of nitrogens with zero attached hydrogens (tertiary/aromatic N) is 1. The Morgan fingerprint density at radius 1 is 1.53 bits per heavy atom. The van der Waals surface area contributed by atoms with Gasteiger partial charge in [0.1, 0.15) is 0 Å². The molecule has 102 valence electrons. The van der Waals surface area contributed by atoms with Gasteiger partial charge in [-0.15, -0.1) is 0 Å². The number of benzene rings is 1. The van der Waals surface area contributed by atoms with Crippen LogP contribution in [-0.2, 0) is 16.0 Å². The highest BCUT2D eigenvalue weighted by Crippen LogP contribution is 2.36. The largest absolute Gasteiger partial charge is 0.397 e.